The number of anilines is 1. The number of amides is 1. The Balaban J connectivity index is 2.21. The molecule has 0 atom stereocenters. The van der Waals surface area contributed by atoms with Crippen LogP contribution in [0.25, 0.3) is 0 Å². The molecule has 0 bridgehead atoms. The number of ether oxygens (including phenoxy) is 1. The molecule has 1 amide bonds. The molecule has 1 N–H and O–H groups in total. The average Bonchev–Trinajstić information content (AvgIpc) is 2.48. The summed E-state index contributed by atoms with van der Waals surface area (Å²) < 4.78 is 56.7. The molecule has 0 saturated carbocycles. The zero-order chi connectivity index (χ0) is 17.0. The Morgan fingerprint density at radius 3 is 2.48 bits per heavy atom. The van der Waals surface area contributed by atoms with Crippen molar-refractivity contribution in [3.8, 4) is 5.75 Å². The van der Waals surface area contributed by atoms with Gasteiger partial charge in [-0.25, -0.2) is 4.39 Å². The molecule has 0 radical (unpaired) electrons. The predicted octanol–water partition coefficient (Wildman–Crippen LogP) is 4.03. The first-order chi connectivity index (χ1) is 10.8. The molecule has 2 aromatic carbocycles. The first-order valence-electron chi connectivity index (χ1n) is 6.59. The first-order valence-corrected chi connectivity index (χ1v) is 6.59. The predicted molar refractivity (Wildman–Crippen MR) is 76.7 cm³/mol. The highest BCUT2D eigenvalue weighted by Gasteiger charge is 2.31. The summed E-state index contributed by atoms with van der Waals surface area (Å²) in [5, 5.41) is 2.32. The largest absolute Gasteiger partial charge is 0.496 e. The molecule has 0 aliphatic heterocycles. The summed E-state index contributed by atoms with van der Waals surface area (Å²) in [6, 6.07) is 8.38. The summed E-state index contributed by atoms with van der Waals surface area (Å²) >= 11 is 0. The van der Waals surface area contributed by atoms with Crippen LogP contribution in [0.15, 0.2) is 42.5 Å². The van der Waals surface area contributed by atoms with Gasteiger partial charge in [0.1, 0.15) is 11.6 Å². The second-order valence-corrected chi connectivity index (χ2v) is 4.73. The van der Waals surface area contributed by atoms with E-state index in [0.717, 1.165) is 18.2 Å². The lowest BCUT2D eigenvalue weighted by Crippen LogP contribution is -2.16. The monoisotopic (exact) mass is 327 g/mol. The Kier molecular flexibility index (Phi) is 4.88. The van der Waals surface area contributed by atoms with Gasteiger partial charge >= 0.3 is 6.18 Å². The number of halogens is 4. The van der Waals surface area contributed by atoms with E-state index in [1.165, 1.54) is 31.4 Å². The summed E-state index contributed by atoms with van der Waals surface area (Å²) in [7, 11) is 1.29. The van der Waals surface area contributed by atoms with Gasteiger partial charge in [-0.05, 0) is 30.3 Å². The van der Waals surface area contributed by atoms with Crippen LogP contribution in [0.2, 0.25) is 0 Å². The van der Waals surface area contributed by atoms with Gasteiger partial charge < -0.3 is 10.1 Å². The molecule has 2 rings (SSSR count). The highest BCUT2D eigenvalue weighted by atomic mass is 19.4. The molecular formula is C16H13F4NO2. The van der Waals surface area contributed by atoms with Gasteiger partial charge in [0.2, 0.25) is 5.91 Å². The van der Waals surface area contributed by atoms with Gasteiger partial charge in [-0.1, -0.05) is 12.1 Å². The van der Waals surface area contributed by atoms with Crippen molar-refractivity contribution in [1.82, 2.24) is 0 Å². The van der Waals surface area contributed by atoms with Gasteiger partial charge in [0, 0.05) is 5.56 Å². The van der Waals surface area contributed by atoms with E-state index in [9.17, 15) is 22.4 Å². The van der Waals surface area contributed by atoms with Crippen molar-refractivity contribution < 1.29 is 27.1 Å². The summed E-state index contributed by atoms with van der Waals surface area (Å²) in [6.07, 6.45) is -4.90. The Bertz CT molecular complexity index is 713. The third-order valence-corrected chi connectivity index (χ3v) is 3.11. The van der Waals surface area contributed by atoms with Crippen molar-refractivity contribution in [2.24, 2.45) is 0 Å². The maximum atomic E-state index is 13.5. The molecule has 0 fully saturated rings. The number of alkyl halides is 3. The first kappa shape index (κ1) is 16.8. The van der Waals surface area contributed by atoms with Crippen molar-refractivity contribution in [3.05, 3.63) is 59.4 Å². The fraction of sp³-hybridized carbons (Fsp3) is 0.188. The molecular weight excluding hydrogens is 314 g/mol. The molecule has 0 heterocycles. The van der Waals surface area contributed by atoms with E-state index in [2.05, 4.69) is 5.32 Å². The lowest BCUT2D eigenvalue weighted by molar-refractivity contribution is -0.137. The Labute approximate surface area is 129 Å². The van der Waals surface area contributed by atoms with E-state index in [1.54, 1.807) is 0 Å². The van der Waals surface area contributed by atoms with Gasteiger partial charge in [0.05, 0.1) is 24.8 Å². The van der Waals surface area contributed by atoms with Crippen LogP contribution in [-0.2, 0) is 17.4 Å². The van der Waals surface area contributed by atoms with Gasteiger partial charge in [-0.3, -0.25) is 4.79 Å². The smallest absolute Gasteiger partial charge is 0.416 e. The number of hydrogen-bond donors (Lipinski definition) is 1. The molecule has 0 aromatic heterocycles. The normalized spacial score (nSPS) is 11.2. The van der Waals surface area contributed by atoms with Crippen molar-refractivity contribution in [2.75, 3.05) is 12.4 Å². The summed E-state index contributed by atoms with van der Waals surface area (Å²) in [5.74, 6) is -1.12. The lowest BCUT2D eigenvalue weighted by atomic mass is 10.1. The molecule has 0 unspecified atom stereocenters. The number of rotatable bonds is 4. The van der Waals surface area contributed by atoms with Crippen LogP contribution >= 0.6 is 0 Å². The van der Waals surface area contributed by atoms with Gasteiger partial charge in [0.15, 0.2) is 0 Å². The second-order valence-electron chi connectivity index (χ2n) is 4.73. The minimum Gasteiger partial charge on any atom is -0.496 e. The molecule has 23 heavy (non-hydrogen) atoms. The minimum absolute atomic E-state index is 0.0385. The van der Waals surface area contributed by atoms with E-state index in [1.807, 2.05) is 0 Å². The van der Waals surface area contributed by atoms with Crippen LogP contribution in [0.5, 0.6) is 5.75 Å². The van der Waals surface area contributed by atoms with Gasteiger partial charge in [-0.15, -0.1) is 0 Å². The Morgan fingerprint density at radius 1 is 1.17 bits per heavy atom. The topological polar surface area (TPSA) is 38.3 Å². The quantitative estimate of drug-likeness (QED) is 0.861. The maximum Gasteiger partial charge on any atom is 0.416 e. The third kappa shape index (κ3) is 4.21. The fourth-order valence-corrected chi connectivity index (χ4v) is 2.02. The number of carbonyl (C=O) groups excluding carboxylic acids is 1. The molecule has 0 saturated heterocycles. The van der Waals surface area contributed by atoms with E-state index in [0.29, 0.717) is 0 Å². The lowest BCUT2D eigenvalue weighted by Gasteiger charge is -2.13. The van der Waals surface area contributed by atoms with Crippen LogP contribution in [0.4, 0.5) is 23.2 Å². The zero-order valence-corrected chi connectivity index (χ0v) is 12.1. The average molecular weight is 327 g/mol. The molecule has 0 aliphatic carbocycles. The highest BCUT2D eigenvalue weighted by Crippen LogP contribution is 2.32. The molecule has 0 aliphatic rings. The van der Waals surface area contributed by atoms with Crippen LogP contribution in [-0.4, -0.2) is 13.0 Å². The van der Waals surface area contributed by atoms with Crippen molar-refractivity contribution in [1.29, 1.82) is 0 Å². The maximum absolute atomic E-state index is 13.5. The Morgan fingerprint density at radius 2 is 1.87 bits per heavy atom. The summed E-state index contributed by atoms with van der Waals surface area (Å²) in [6.45, 7) is 0. The molecule has 0 spiro atoms. The van der Waals surface area contributed by atoms with Crippen LogP contribution in [0.3, 0.4) is 0 Å². The number of benzene rings is 2. The van der Waals surface area contributed by atoms with Gasteiger partial charge in [-0.2, -0.15) is 13.2 Å². The van der Waals surface area contributed by atoms with Gasteiger partial charge in [0.25, 0.3) is 0 Å². The third-order valence-electron chi connectivity index (χ3n) is 3.11. The summed E-state index contributed by atoms with van der Waals surface area (Å²) in [5.41, 5.74) is -0.855. The zero-order valence-electron chi connectivity index (χ0n) is 12.1. The molecule has 7 heteroatoms. The summed E-state index contributed by atoms with van der Waals surface area (Å²) in [4.78, 5) is 11.9. The fourth-order valence-electron chi connectivity index (χ4n) is 2.02. The van der Waals surface area contributed by atoms with Crippen LogP contribution < -0.4 is 10.1 Å². The van der Waals surface area contributed by atoms with Crippen molar-refractivity contribution >= 4 is 11.6 Å². The minimum atomic E-state index is -4.52. The number of para-hydroxylation sites is 1. The number of hydrogen-bond acceptors (Lipinski definition) is 2. The standard InChI is InChI=1S/C16H13F4NO2/c1-23-14-7-6-11(16(18,19)20)8-10(14)9-15(22)21-13-5-3-2-4-12(13)17/h2-8H,9H2,1H3,(H,21,22). The molecule has 3 nitrogen and oxygen atoms in total. The van der Waals surface area contributed by atoms with E-state index in [4.69, 9.17) is 4.74 Å². The van der Waals surface area contributed by atoms with E-state index < -0.39 is 23.5 Å². The van der Waals surface area contributed by atoms with Crippen LogP contribution in [0, 0.1) is 5.82 Å². The molecule has 122 valence electrons. The van der Waals surface area contributed by atoms with Crippen molar-refractivity contribution in [2.45, 2.75) is 12.6 Å². The SMILES string of the molecule is COc1ccc(C(F)(F)F)cc1CC(=O)Nc1ccccc1F. The number of carbonyl (C=O) groups is 1. The van der Waals surface area contributed by atoms with Crippen LogP contribution in [0.1, 0.15) is 11.1 Å². The van der Waals surface area contributed by atoms with E-state index in [-0.39, 0.29) is 23.4 Å². The Hall–Kier alpha value is -2.57. The number of methoxy groups -OCH3 is 1. The number of nitrogens with one attached hydrogen (secondary N) is 1. The second kappa shape index (κ2) is 6.68. The van der Waals surface area contributed by atoms with Crippen molar-refractivity contribution in [3.63, 3.8) is 0 Å². The molecule has 2 aromatic rings. The highest BCUT2D eigenvalue weighted by molar-refractivity contribution is 5.92. The van der Waals surface area contributed by atoms with E-state index >= 15 is 0 Å².